The van der Waals surface area contributed by atoms with Crippen LogP contribution in [0.15, 0.2) is 60.7 Å². The molecule has 0 unspecified atom stereocenters. The molecule has 0 radical (unpaired) electrons. The Morgan fingerprint density at radius 3 is 2.48 bits per heavy atom. The van der Waals surface area contributed by atoms with Crippen molar-refractivity contribution in [2.24, 2.45) is 0 Å². The normalized spacial score (nSPS) is 10.5. The van der Waals surface area contributed by atoms with Gasteiger partial charge in [0, 0.05) is 16.0 Å². The van der Waals surface area contributed by atoms with Gasteiger partial charge in [-0.1, -0.05) is 53.6 Å². The van der Waals surface area contributed by atoms with Gasteiger partial charge in [-0.2, -0.15) is 0 Å². The molecule has 1 aromatic heterocycles. The average molecular weight is 370 g/mol. The number of halogens is 1. The van der Waals surface area contributed by atoms with E-state index in [9.17, 15) is 9.59 Å². The van der Waals surface area contributed by atoms with E-state index in [2.05, 4.69) is 5.32 Å². The first kappa shape index (κ1) is 17.4. The third-order valence-electron chi connectivity index (χ3n) is 3.69. The molecule has 0 saturated heterocycles. The zero-order chi connectivity index (χ0) is 17.8. The van der Waals surface area contributed by atoms with Crippen LogP contribution in [0.5, 0.6) is 0 Å². The van der Waals surface area contributed by atoms with Gasteiger partial charge in [0.15, 0.2) is 5.78 Å². The van der Waals surface area contributed by atoms with Crippen LogP contribution in [0.25, 0.3) is 0 Å². The van der Waals surface area contributed by atoms with Crippen LogP contribution in [0.1, 0.15) is 26.4 Å². The second-order valence-corrected chi connectivity index (χ2v) is 7.47. The molecular formula is C20H16ClNO2S. The molecule has 2 aromatic carbocycles. The van der Waals surface area contributed by atoms with Gasteiger partial charge in [0.1, 0.15) is 0 Å². The quantitative estimate of drug-likeness (QED) is 0.634. The molecule has 3 rings (SSSR count). The zero-order valence-electron chi connectivity index (χ0n) is 13.6. The maximum atomic E-state index is 12.8. The average Bonchev–Trinajstić information content (AvgIpc) is 3.01. The minimum Gasteiger partial charge on any atom is -0.325 e. The van der Waals surface area contributed by atoms with Crippen molar-refractivity contribution in [2.75, 3.05) is 5.32 Å². The molecule has 0 aliphatic heterocycles. The standard InChI is InChI=1S/C20H16ClNO2S/c1-13-7-9-17(22-19(23)12-15-8-10-18(21)25-15)16(11-13)20(24)14-5-3-2-4-6-14/h2-11H,12H2,1H3,(H,22,23). The maximum Gasteiger partial charge on any atom is 0.229 e. The van der Waals surface area contributed by atoms with Crippen LogP contribution in [0.4, 0.5) is 5.69 Å². The van der Waals surface area contributed by atoms with Crippen molar-refractivity contribution < 1.29 is 9.59 Å². The smallest absolute Gasteiger partial charge is 0.229 e. The predicted molar refractivity (Wildman–Crippen MR) is 103 cm³/mol. The third-order valence-corrected chi connectivity index (χ3v) is 4.92. The van der Waals surface area contributed by atoms with Crippen molar-refractivity contribution in [3.05, 3.63) is 86.6 Å². The number of aryl methyl sites for hydroxylation is 1. The Kier molecular flexibility index (Phi) is 5.31. The second kappa shape index (κ2) is 7.64. The van der Waals surface area contributed by atoms with Crippen molar-refractivity contribution in [1.29, 1.82) is 0 Å². The summed E-state index contributed by atoms with van der Waals surface area (Å²) in [4.78, 5) is 26.0. The van der Waals surface area contributed by atoms with Gasteiger partial charge in [-0.3, -0.25) is 9.59 Å². The van der Waals surface area contributed by atoms with E-state index in [1.54, 1.807) is 30.3 Å². The van der Waals surface area contributed by atoms with Crippen LogP contribution < -0.4 is 5.32 Å². The van der Waals surface area contributed by atoms with Gasteiger partial charge in [0.25, 0.3) is 0 Å². The van der Waals surface area contributed by atoms with Gasteiger partial charge >= 0.3 is 0 Å². The van der Waals surface area contributed by atoms with E-state index >= 15 is 0 Å². The first-order chi connectivity index (χ1) is 12.0. The monoisotopic (exact) mass is 369 g/mol. The lowest BCUT2D eigenvalue weighted by Gasteiger charge is -2.11. The van der Waals surface area contributed by atoms with Gasteiger partial charge in [0.05, 0.1) is 16.4 Å². The molecule has 1 amide bonds. The summed E-state index contributed by atoms with van der Waals surface area (Å²) < 4.78 is 0.651. The number of benzene rings is 2. The molecule has 0 atom stereocenters. The Balaban J connectivity index is 1.84. The molecule has 0 aliphatic rings. The first-order valence-corrected chi connectivity index (χ1v) is 8.97. The molecule has 1 N–H and O–H groups in total. The summed E-state index contributed by atoms with van der Waals surface area (Å²) in [7, 11) is 0. The highest BCUT2D eigenvalue weighted by Crippen LogP contribution is 2.24. The topological polar surface area (TPSA) is 46.2 Å². The summed E-state index contributed by atoms with van der Waals surface area (Å²) in [6.07, 6.45) is 0.226. The van der Waals surface area contributed by atoms with Crippen molar-refractivity contribution in [3.8, 4) is 0 Å². The minimum atomic E-state index is -0.176. The number of anilines is 1. The predicted octanol–water partition coefficient (Wildman–Crippen LogP) is 5.12. The van der Waals surface area contributed by atoms with E-state index in [4.69, 9.17) is 11.6 Å². The molecule has 3 aromatic rings. The molecular weight excluding hydrogens is 354 g/mol. The molecule has 5 heteroatoms. The molecule has 1 heterocycles. The Labute approximate surface area is 155 Å². The Morgan fingerprint density at radius 2 is 1.80 bits per heavy atom. The molecule has 25 heavy (non-hydrogen) atoms. The van der Waals surface area contributed by atoms with Gasteiger partial charge in [0.2, 0.25) is 5.91 Å². The molecule has 0 fully saturated rings. The van der Waals surface area contributed by atoms with Gasteiger partial charge in [-0.25, -0.2) is 0 Å². The van der Waals surface area contributed by atoms with Crippen LogP contribution >= 0.6 is 22.9 Å². The van der Waals surface area contributed by atoms with E-state index in [0.29, 0.717) is 21.2 Å². The number of ketones is 1. The molecule has 126 valence electrons. The third kappa shape index (κ3) is 4.35. The highest BCUT2D eigenvalue weighted by molar-refractivity contribution is 7.16. The summed E-state index contributed by atoms with van der Waals surface area (Å²) in [5, 5.41) is 2.85. The van der Waals surface area contributed by atoms with Crippen molar-refractivity contribution in [1.82, 2.24) is 0 Å². The molecule has 0 aliphatic carbocycles. The number of amides is 1. The SMILES string of the molecule is Cc1ccc(NC(=O)Cc2ccc(Cl)s2)c(C(=O)c2ccccc2)c1. The second-order valence-electron chi connectivity index (χ2n) is 5.67. The van der Waals surface area contributed by atoms with Gasteiger partial charge in [-0.15, -0.1) is 11.3 Å². The number of hydrogen-bond donors (Lipinski definition) is 1. The number of carbonyl (C=O) groups excluding carboxylic acids is 2. The summed E-state index contributed by atoms with van der Waals surface area (Å²) in [6.45, 7) is 1.92. The molecule has 0 saturated carbocycles. The first-order valence-electron chi connectivity index (χ1n) is 7.77. The fourth-order valence-electron chi connectivity index (χ4n) is 2.50. The fraction of sp³-hybridized carbons (Fsp3) is 0.100. The highest BCUT2D eigenvalue weighted by atomic mass is 35.5. The van der Waals surface area contributed by atoms with Gasteiger partial charge < -0.3 is 5.32 Å². The van der Waals surface area contributed by atoms with Crippen LogP contribution in [0.3, 0.4) is 0 Å². The summed E-state index contributed by atoms with van der Waals surface area (Å²) in [5.74, 6) is -0.289. The Hall–Kier alpha value is -2.43. The van der Waals surface area contributed by atoms with Crippen LogP contribution in [0, 0.1) is 6.92 Å². The van der Waals surface area contributed by atoms with E-state index < -0.39 is 0 Å². The molecule has 3 nitrogen and oxygen atoms in total. The lowest BCUT2D eigenvalue weighted by atomic mass is 9.99. The van der Waals surface area contributed by atoms with Crippen LogP contribution in [-0.4, -0.2) is 11.7 Å². The maximum absolute atomic E-state index is 12.8. The summed E-state index contributed by atoms with van der Waals surface area (Å²) in [6, 6.07) is 18.1. The van der Waals surface area contributed by atoms with Crippen molar-refractivity contribution in [2.45, 2.75) is 13.3 Å². The number of nitrogens with one attached hydrogen (secondary N) is 1. The van der Waals surface area contributed by atoms with Gasteiger partial charge in [-0.05, 0) is 31.2 Å². The van der Waals surface area contributed by atoms with Crippen molar-refractivity contribution >= 4 is 40.3 Å². The van der Waals surface area contributed by atoms with Crippen LogP contribution in [0.2, 0.25) is 4.34 Å². The Morgan fingerprint density at radius 1 is 1.04 bits per heavy atom. The number of thiophene rings is 1. The van der Waals surface area contributed by atoms with Crippen LogP contribution in [-0.2, 0) is 11.2 Å². The number of rotatable bonds is 5. The van der Waals surface area contributed by atoms with E-state index in [0.717, 1.165) is 10.4 Å². The minimum absolute atomic E-state index is 0.112. The Bertz CT molecular complexity index is 918. The largest absolute Gasteiger partial charge is 0.325 e. The van der Waals surface area contributed by atoms with E-state index in [1.165, 1.54) is 11.3 Å². The fourth-order valence-corrected chi connectivity index (χ4v) is 3.59. The molecule has 0 bridgehead atoms. The number of carbonyl (C=O) groups is 2. The zero-order valence-corrected chi connectivity index (χ0v) is 15.2. The summed E-state index contributed by atoms with van der Waals surface area (Å²) >= 11 is 7.27. The van der Waals surface area contributed by atoms with E-state index in [1.807, 2.05) is 37.3 Å². The van der Waals surface area contributed by atoms with E-state index in [-0.39, 0.29) is 18.1 Å². The highest BCUT2D eigenvalue weighted by Gasteiger charge is 2.16. The lowest BCUT2D eigenvalue weighted by Crippen LogP contribution is -2.16. The summed E-state index contributed by atoms with van der Waals surface area (Å²) in [5.41, 5.74) is 2.56. The lowest BCUT2D eigenvalue weighted by molar-refractivity contribution is -0.115. The number of hydrogen-bond acceptors (Lipinski definition) is 3. The van der Waals surface area contributed by atoms with Crippen molar-refractivity contribution in [3.63, 3.8) is 0 Å². The molecule has 0 spiro atoms.